The smallest absolute Gasteiger partial charge is 0.379 e. The molecular formula is C13H16N6O4. The molecule has 0 aliphatic carbocycles. The molecule has 0 saturated carbocycles. The van der Waals surface area contributed by atoms with Gasteiger partial charge in [0.2, 0.25) is 0 Å². The molecule has 0 fully saturated rings. The van der Waals surface area contributed by atoms with Gasteiger partial charge in [0.1, 0.15) is 0 Å². The van der Waals surface area contributed by atoms with Crippen LogP contribution in [0.3, 0.4) is 0 Å². The zero-order valence-corrected chi connectivity index (χ0v) is 13.1. The number of hydrogen-bond acceptors (Lipinski definition) is 7. The molecule has 10 heteroatoms. The average Bonchev–Trinajstić information content (AvgIpc) is 2.91. The number of carbonyl (C=O) groups excluding carboxylic acids is 3. The Kier molecular flexibility index (Phi) is 4.53. The van der Waals surface area contributed by atoms with E-state index in [2.05, 4.69) is 20.4 Å². The van der Waals surface area contributed by atoms with Crippen molar-refractivity contribution in [2.75, 3.05) is 7.05 Å². The zero-order chi connectivity index (χ0) is 17.1. The standard InChI is InChI=1S/C13H16N6O4/c1-6-5-7(2)19-12(15-6)16-9(18-19)11(21)23-8(3)10(20)17-13(22)14-4/h5,8H,1-4H3,(H2,14,17,20,22)/t8-/m0/s1. The first kappa shape index (κ1) is 16.3. The van der Waals surface area contributed by atoms with Gasteiger partial charge < -0.3 is 10.1 Å². The van der Waals surface area contributed by atoms with Crippen LogP contribution < -0.4 is 10.6 Å². The Balaban J connectivity index is 2.13. The molecule has 3 amide bonds. The molecular weight excluding hydrogens is 304 g/mol. The maximum atomic E-state index is 12.0. The van der Waals surface area contributed by atoms with E-state index in [-0.39, 0.29) is 11.6 Å². The van der Waals surface area contributed by atoms with E-state index in [0.29, 0.717) is 0 Å². The summed E-state index contributed by atoms with van der Waals surface area (Å²) < 4.78 is 6.35. The largest absolute Gasteiger partial charge is 0.447 e. The van der Waals surface area contributed by atoms with E-state index in [1.807, 2.05) is 5.32 Å². The van der Waals surface area contributed by atoms with Gasteiger partial charge >= 0.3 is 12.0 Å². The molecule has 10 nitrogen and oxygen atoms in total. The van der Waals surface area contributed by atoms with E-state index in [1.54, 1.807) is 19.9 Å². The van der Waals surface area contributed by atoms with Crippen molar-refractivity contribution in [1.29, 1.82) is 0 Å². The molecule has 0 aliphatic heterocycles. The molecule has 23 heavy (non-hydrogen) atoms. The van der Waals surface area contributed by atoms with Gasteiger partial charge in [-0.1, -0.05) is 0 Å². The van der Waals surface area contributed by atoms with Crippen LogP contribution in [0.15, 0.2) is 6.07 Å². The van der Waals surface area contributed by atoms with Gasteiger partial charge in [0, 0.05) is 18.4 Å². The van der Waals surface area contributed by atoms with Crippen LogP contribution in [0.1, 0.15) is 28.9 Å². The number of urea groups is 1. The summed E-state index contributed by atoms with van der Waals surface area (Å²) in [5, 5.41) is 8.22. The molecule has 0 bridgehead atoms. The second-order valence-electron chi connectivity index (χ2n) is 4.80. The van der Waals surface area contributed by atoms with E-state index in [4.69, 9.17) is 4.74 Å². The number of nitrogens with one attached hydrogen (secondary N) is 2. The topological polar surface area (TPSA) is 128 Å². The molecule has 0 spiro atoms. The quantitative estimate of drug-likeness (QED) is 0.746. The lowest BCUT2D eigenvalue weighted by Crippen LogP contribution is -2.43. The van der Waals surface area contributed by atoms with Gasteiger partial charge in [-0.3, -0.25) is 10.1 Å². The van der Waals surface area contributed by atoms with Crippen molar-refractivity contribution >= 4 is 23.7 Å². The zero-order valence-electron chi connectivity index (χ0n) is 13.1. The Bertz CT molecular complexity index is 784. The van der Waals surface area contributed by atoms with Gasteiger partial charge in [-0.05, 0) is 26.8 Å². The lowest BCUT2D eigenvalue weighted by molar-refractivity contribution is -0.127. The first-order valence-electron chi connectivity index (χ1n) is 6.76. The van der Waals surface area contributed by atoms with E-state index in [1.165, 1.54) is 18.5 Å². The van der Waals surface area contributed by atoms with Crippen LogP contribution >= 0.6 is 0 Å². The highest BCUT2D eigenvalue weighted by atomic mass is 16.5. The van der Waals surface area contributed by atoms with Crippen LogP contribution in [0, 0.1) is 13.8 Å². The maximum Gasteiger partial charge on any atom is 0.379 e. The van der Waals surface area contributed by atoms with Gasteiger partial charge in [0.25, 0.3) is 17.5 Å². The monoisotopic (exact) mass is 320 g/mol. The minimum absolute atomic E-state index is 0.217. The SMILES string of the molecule is CNC(=O)NC(=O)[C@H](C)OC(=O)c1nc2nc(C)cc(C)n2n1. The molecule has 0 unspecified atom stereocenters. The summed E-state index contributed by atoms with van der Waals surface area (Å²) in [6.07, 6.45) is -1.18. The van der Waals surface area contributed by atoms with E-state index in [0.717, 1.165) is 11.4 Å². The fourth-order valence-corrected chi connectivity index (χ4v) is 1.80. The number of esters is 1. The Morgan fingerprint density at radius 1 is 1.26 bits per heavy atom. The molecule has 0 radical (unpaired) electrons. The first-order chi connectivity index (χ1) is 10.8. The third-order valence-corrected chi connectivity index (χ3v) is 2.92. The number of nitrogens with zero attached hydrogens (tertiary/aromatic N) is 4. The molecule has 2 N–H and O–H groups in total. The molecule has 0 aliphatic rings. The summed E-state index contributed by atoms with van der Waals surface area (Å²) in [6, 6.07) is 1.09. The number of fused-ring (bicyclic) bond motifs is 1. The Morgan fingerprint density at radius 2 is 1.96 bits per heavy atom. The van der Waals surface area contributed by atoms with Crippen molar-refractivity contribution < 1.29 is 19.1 Å². The molecule has 1 atom stereocenters. The van der Waals surface area contributed by atoms with Gasteiger partial charge in [-0.15, -0.1) is 5.10 Å². The van der Waals surface area contributed by atoms with Gasteiger partial charge in [-0.25, -0.2) is 19.1 Å². The number of aromatic nitrogens is 4. The number of imide groups is 1. The van der Waals surface area contributed by atoms with Crippen molar-refractivity contribution in [1.82, 2.24) is 30.2 Å². The molecule has 2 rings (SSSR count). The average molecular weight is 320 g/mol. The van der Waals surface area contributed by atoms with E-state index >= 15 is 0 Å². The number of amides is 3. The van der Waals surface area contributed by atoms with Crippen molar-refractivity contribution in [3.8, 4) is 0 Å². The maximum absolute atomic E-state index is 12.0. The number of aryl methyl sites for hydroxylation is 2. The normalized spacial score (nSPS) is 11.8. The van der Waals surface area contributed by atoms with Gasteiger partial charge in [0.15, 0.2) is 6.10 Å². The fraction of sp³-hybridized carbons (Fsp3) is 0.385. The molecule has 2 heterocycles. The second-order valence-corrected chi connectivity index (χ2v) is 4.80. The molecule has 0 saturated heterocycles. The highest BCUT2D eigenvalue weighted by Crippen LogP contribution is 2.07. The van der Waals surface area contributed by atoms with Crippen LogP contribution in [0.4, 0.5) is 4.79 Å². The predicted octanol–water partition coefficient (Wildman–Crippen LogP) is -0.258. The highest BCUT2D eigenvalue weighted by Gasteiger charge is 2.23. The molecule has 0 aromatic carbocycles. The van der Waals surface area contributed by atoms with Crippen LogP contribution in [0.25, 0.3) is 5.78 Å². The summed E-state index contributed by atoms with van der Waals surface area (Å²) in [5.74, 6) is -1.60. The number of ether oxygens (including phenoxy) is 1. The summed E-state index contributed by atoms with van der Waals surface area (Å²) in [5.41, 5.74) is 1.49. The lowest BCUT2D eigenvalue weighted by Gasteiger charge is -2.11. The number of carbonyl (C=O) groups is 3. The first-order valence-corrected chi connectivity index (χ1v) is 6.76. The summed E-state index contributed by atoms with van der Waals surface area (Å²) in [6.45, 7) is 4.93. The summed E-state index contributed by atoms with van der Waals surface area (Å²) in [4.78, 5) is 42.8. The van der Waals surface area contributed by atoms with Crippen molar-refractivity contribution in [2.45, 2.75) is 26.9 Å². The van der Waals surface area contributed by atoms with Crippen LogP contribution in [-0.2, 0) is 9.53 Å². The van der Waals surface area contributed by atoms with Crippen LogP contribution in [0.5, 0.6) is 0 Å². The third kappa shape index (κ3) is 3.59. The summed E-state index contributed by atoms with van der Waals surface area (Å²) in [7, 11) is 1.36. The number of hydrogen-bond donors (Lipinski definition) is 2. The third-order valence-electron chi connectivity index (χ3n) is 2.92. The van der Waals surface area contributed by atoms with Gasteiger partial charge in [0.05, 0.1) is 0 Å². The van der Waals surface area contributed by atoms with Gasteiger partial charge in [-0.2, -0.15) is 4.98 Å². The van der Waals surface area contributed by atoms with Crippen LogP contribution in [0.2, 0.25) is 0 Å². The molecule has 2 aromatic heterocycles. The summed E-state index contributed by atoms with van der Waals surface area (Å²) >= 11 is 0. The second kappa shape index (κ2) is 6.38. The predicted molar refractivity (Wildman–Crippen MR) is 77.7 cm³/mol. The fourth-order valence-electron chi connectivity index (χ4n) is 1.80. The van der Waals surface area contributed by atoms with Crippen molar-refractivity contribution in [3.05, 3.63) is 23.3 Å². The Morgan fingerprint density at radius 3 is 2.61 bits per heavy atom. The Hall–Kier alpha value is -3.04. The van der Waals surface area contributed by atoms with Crippen molar-refractivity contribution in [3.63, 3.8) is 0 Å². The minimum atomic E-state index is -1.18. The van der Waals surface area contributed by atoms with E-state index < -0.39 is 24.0 Å². The van der Waals surface area contributed by atoms with Crippen LogP contribution in [-0.4, -0.2) is 50.6 Å². The Labute approximate surface area is 131 Å². The lowest BCUT2D eigenvalue weighted by atomic mass is 10.4. The minimum Gasteiger partial charge on any atom is -0.447 e. The number of rotatable bonds is 3. The molecule has 2 aromatic rings. The van der Waals surface area contributed by atoms with Crippen molar-refractivity contribution in [2.24, 2.45) is 0 Å². The highest BCUT2D eigenvalue weighted by molar-refractivity contribution is 5.97. The molecule has 122 valence electrons. The van der Waals surface area contributed by atoms with E-state index in [9.17, 15) is 14.4 Å².